The molecular formula is C36H41F2NO5. The number of benzene rings is 3. The highest BCUT2D eigenvalue weighted by Gasteiger charge is 2.25. The number of carbonyl (C=O) groups excluding carboxylic acids is 3. The lowest BCUT2D eigenvalue weighted by molar-refractivity contribution is -0.124. The molecule has 1 atom stereocenters. The molecule has 1 amide bonds. The molecule has 0 fully saturated rings. The van der Waals surface area contributed by atoms with Gasteiger partial charge in [-0.05, 0) is 96.8 Å². The monoisotopic (exact) mass is 605 g/mol. The van der Waals surface area contributed by atoms with Crippen molar-refractivity contribution in [1.29, 1.82) is 0 Å². The highest BCUT2D eigenvalue weighted by Crippen LogP contribution is 2.26. The molecule has 0 heterocycles. The molecule has 0 saturated heterocycles. The van der Waals surface area contributed by atoms with Gasteiger partial charge < -0.3 is 14.4 Å². The fraction of sp³-hybridized carbons (Fsp3) is 0.361. The number of allylic oxidation sites excluding steroid dienone is 1. The van der Waals surface area contributed by atoms with Gasteiger partial charge in [0.1, 0.15) is 24.0 Å². The molecule has 6 nitrogen and oxygen atoms in total. The SMILES string of the molecule is C=C(C(=O)c1cc(C)cc(C(=O)N(CCC)CCC)c1)C(CC(=O)COCc1cccc(OC)c1)Cc1cc(F)cc(F)c1. The van der Waals surface area contributed by atoms with Gasteiger partial charge in [0, 0.05) is 36.7 Å². The van der Waals surface area contributed by atoms with Crippen molar-refractivity contribution in [3.05, 3.63) is 112 Å². The van der Waals surface area contributed by atoms with E-state index in [0.29, 0.717) is 30.0 Å². The molecule has 8 heteroatoms. The summed E-state index contributed by atoms with van der Waals surface area (Å²) in [5.74, 6) is -2.49. The lowest BCUT2D eigenvalue weighted by atomic mass is 9.84. The molecule has 0 aliphatic carbocycles. The molecule has 0 bridgehead atoms. The van der Waals surface area contributed by atoms with E-state index in [1.165, 1.54) is 12.1 Å². The molecule has 0 saturated carbocycles. The Hall–Kier alpha value is -4.17. The molecule has 3 aromatic rings. The number of methoxy groups -OCH3 is 1. The number of carbonyl (C=O) groups is 3. The van der Waals surface area contributed by atoms with Crippen LogP contribution in [0.15, 0.2) is 72.8 Å². The number of ketones is 2. The van der Waals surface area contributed by atoms with Gasteiger partial charge in [-0.25, -0.2) is 8.78 Å². The van der Waals surface area contributed by atoms with Crippen molar-refractivity contribution < 1.29 is 32.6 Å². The number of amides is 1. The Labute approximate surface area is 258 Å². The van der Waals surface area contributed by atoms with E-state index in [0.717, 1.165) is 30.0 Å². The first-order chi connectivity index (χ1) is 21.0. The topological polar surface area (TPSA) is 72.9 Å². The zero-order valence-electron chi connectivity index (χ0n) is 26.0. The third-order valence-electron chi connectivity index (χ3n) is 7.19. The van der Waals surface area contributed by atoms with Crippen LogP contribution in [0.2, 0.25) is 0 Å². The van der Waals surface area contributed by atoms with E-state index in [2.05, 4.69) is 6.58 Å². The molecule has 0 aliphatic rings. The Morgan fingerprint density at radius 1 is 0.886 bits per heavy atom. The number of hydrogen-bond donors (Lipinski definition) is 0. The lowest BCUT2D eigenvalue weighted by Crippen LogP contribution is -2.32. The third kappa shape index (κ3) is 9.95. The van der Waals surface area contributed by atoms with Gasteiger partial charge in [-0.1, -0.05) is 32.6 Å². The van der Waals surface area contributed by atoms with Crippen molar-refractivity contribution in [3.63, 3.8) is 0 Å². The van der Waals surface area contributed by atoms with Crippen LogP contribution in [0, 0.1) is 24.5 Å². The summed E-state index contributed by atoms with van der Waals surface area (Å²) in [6.07, 6.45) is 1.50. The first-order valence-electron chi connectivity index (χ1n) is 14.9. The van der Waals surface area contributed by atoms with Crippen LogP contribution in [0.25, 0.3) is 0 Å². The molecular weight excluding hydrogens is 564 g/mol. The van der Waals surface area contributed by atoms with Gasteiger partial charge in [0.25, 0.3) is 5.91 Å². The normalized spacial score (nSPS) is 11.6. The quantitative estimate of drug-likeness (QED) is 0.119. The second kappa shape index (κ2) is 16.6. The standard InChI is InChI=1S/C36H41F2NO5/c1-6-11-39(12-7-2)36(42)30-14-24(3)13-29(19-30)35(41)25(4)28(15-27-16-31(37)21-32(38)17-27)20-33(40)23-44-22-26-9-8-10-34(18-26)43-5/h8-10,13-14,16-19,21,28H,4,6-7,11-12,15,20,22-23H2,1-3,5H3. The van der Waals surface area contributed by atoms with Gasteiger partial charge in [-0.2, -0.15) is 0 Å². The average Bonchev–Trinajstić information content (AvgIpc) is 2.98. The Kier molecular flexibility index (Phi) is 13.0. The first-order valence-corrected chi connectivity index (χ1v) is 14.9. The minimum Gasteiger partial charge on any atom is -0.497 e. The van der Waals surface area contributed by atoms with Gasteiger partial charge >= 0.3 is 0 Å². The number of aryl methyl sites for hydroxylation is 1. The summed E-state index contributed by atoms with van der Waals surface area (Å²) in [5, 5.41) is 0. The van der Waals surface area contributed by atoms with Gasteiger partial charge in [0.15, 0.2) is 11.6 Å². The van der Waals surface area contributed by atoms with Crippen molar-refractivity contribution in [2.75, 3.05) is 26.8 Å². The minimum absolute atomic E-state index is 0.0132. The summed E-state index contributed by atoms with van der Waals surface area (Å²) in [7, 11) is 1.56. The van der Waals surface area contributed by atoms with Crippen LogP contribution in [-0.4, -0.2) is 49.2 Å². The van der Waals surface area contributed by atoms with E-state index < -0.39 is 23.3 Å². The average molecular weight is 606 g/mol. The Morgan fingerprint density at radius 3 is 2.18 bits per heavy atom. The smallest absolute Gasteiger partial charge is 0.253 e. The zero-order chi connectivity index (χ0) is 32.2. The Bertz CT molecular complexity index is 1460. The van der Waals surface area contributed by atoms with E-state index in [1.807, 2.05) is 26.0 Å². The predicted octanol–water partition coefficient (Wildman–Crippen LogP) is 7.32. The number of Topliss-reactive ketones (excluding diaryl/α,β-unsaturated/α-hetero) is 2. The summed E-state index contributed by atoms with van der Waals surface area (Å²) in [5.41, 5.74) is 2.62. The van der Waals surface area contributed by atoms with Gasteiger partial charge in [-0.15, -0.1) is 0 Å². The number of ether oxygens (including phenoxy) is 2. The van der Waals surface area contributed by atoms with Crippen LogP contribution >= 0.6 is 0 Å². The predicted molar refractivity (Wildman–Crippen MR) is 167 cm³/mol. The van der Waals surface area contributed by atoms with Crippen molar-refractivity contribution in [2.45, 2.75) is 53.1 Å². The number of nitrogens with zero attached hydrogens (tertiary/aromatic N) is 1. The van der Waals surface area contributed by atoms with Gasteiger partial charge in [-0.3, -0.25) is 14.4 Å². The van der Waals surface area contributed by atoms with E-state index in [4.69, 9.17) is 9.47 Å². The summed E-state index contributed by atoms with van der Waals surface area (Å²) in [6.45, 7) is 11.0. The molecule has 0 spiro atoms. The Morgan fingerprint density at radius 2 is 1.55 bits per heavy atom. The second-order valence-corrected chi connectivity index (χ2v) is 11.0. The summed E-state index contributed by atoms with van der Waals surface area (Å²) in [6, 6.07) is 15.4. The van der Waals surface area contributed by atoms with Crippen molar-refractivity contribution in [1.82, 2.24) is 4.90 Å². The van der Waals surface area contributed by atoms with Crippen LogP contribution < -0.4 is 4.74 Å². The summed E-state index contributed by atoms with van der Waals surface area (Å²) < 4.78 is 38.9. The second-order valence-electron chi connectivity index (χ2n) is 11.0. The van der Waals surface area contributed by atoms with Crippen molar-refractivity contribution in [2.24, 2.45) is 5.92 Å². The maximum absolute atomic E-state index is 14.0. The maximum atomic E-state index is 14.0. The molecule has 234 valence electrons. The third-order valence-corrected chi connectivity index (χ3v) is 7.19. The van der Waals surface area contributed by atoms with Crippen LogP contribution in [0.5, 0.6) is 5.75 Å². The Balaban J connectivity index is 1.82. The highest BCUT2D eigenvalue weighted by molar-refractivity contribution is 6.10. The molecule has 3 rings (SSSR count). The van der Waals surface area contributed by atoms with E-state index in [-0.39, 0.29) is 48.9 Å². The first kappa shape index (κ1) is 34.3. The molecule has 3 aromatic carbocycles. The summed E-state index contributed by atoms with van der Waals surface area (Å²) in [4.78, 5) is 41.9. The van der Waals surface area contributed by atoms with E-state index >= 15 is 0 Å². The number of rotatable bonds is 17. The number of halogens is 2. The van der Waals surface area contributed by atoms with Crippen LogP contribution in [-0.2, 0) is 22.6 Å². The molecule has 0 aromatic heterocycles. The van der Waals surface area contributed by atoms with Crippen LogP contribution in [0.1, 0.15) is 70.5 Å². The molecule has 0 radical (unpaired) electrons. The molecule has 44 heavy (non-hydrogen) atoms. The number of hydrogen-bond acceptors (Lipinski definition) is 5. The molecule has 0 aliphatic heterocycles. The highest BCUT2D eigenvalue weighted by atomic mass is 19.1. The fourth-order valence-corrected chi connectivity index (χ4v) is 5.16. The zero-order valence-corrected chi connectivity index (χ0v) is 26.0. The summed E-state index contributed by atoms with van der Waals surface area (Å²) >= 11 is 0. The largest absolute Gasteiger partial charge is 0.497 e. The van der Waals surface area contributed by atoms with Gasteiger partial charge in [0.05, 0.1) is 13.7 Å². The van der Waals surface area contributed by atoms with Crippen molar-refractivity contribution >= 4 is 17.5 Å². The van der Waals surface area contributed by atoms with E-state index in [1.54, 1.807) is 49.3 Å². The van der Waals surface area contributed by atoms with E-state index in [9.17, 15) is 23.2 Å². The maximum Gasteiger partial charge on any atom is 0.253 e. The molecule has 0 N–H and O–H groups in total. The van der Waals surface area contributed by atoms with Crippen LogP contribution in [0.3, 0.4) is 0 Å². The molecule has 1 unspecified atom stereocenters. The van der Waals surface area contributed by atoms with Crippen molar-refractivity contribution in [3.8, 4) is 5.75 Å². The minimum atomic E-state index is -0.757. The van der Waals surface area contributed by atoms with Gasteiger partial charge in [0.2, 0.25) is 0 Å². The fourth-order valence-electron chi connectivity index (χ4n) is 5.16. The van der Waals surface area contributed by atoms with Crippen LogP contribution in [0.4, 0.5) is 8.78 Å². The lowest BCUT2D eigenvalue weighted by Gasteiger charge is -2.22.